The molecule has 0 atom stereocenters. The Kier molecular flexibility index (Phi) is 5.93. The van der Waals surface area contributed by atoms with Gasteiger partial charge < -0.3 is 5.32 Å². The van der Waals surface area contributed by atoms with Crippen molar-refractivity contribution in [2.24, 2.45) is 5.92 Å². The molecule has 1 aliphatic heterocycles. The molecule has 1 saturated heterocycles. The SMILES string of the molecule is O=C(Nc1cccc(Cl)c1)C1CCN(Cc2ccc(Br)cc2)CC1. The van der Waals surface area contributed by atoms with E-state index in [-0.39, 0.29) is 11.8 Å². The zero-order valence-corrected chi connectivity index (χ0v) is 15.7. The van der Waals surface area contributed by atoms with Crippen LogP contribution < -0.4 is 5.32 Å². The number of benzene rings is 2. The Hall–Kier alpha value is -1.36. The van der Waals surface area contributed by atoms with Crippen molar-refractivity contribution >= 4 is 39.1 Å². The number of rotatable bonds is 4. The molecule has 1 heterocycles. The second kappa shape index (κ2) is 8.15. The first-order valence-corrected chi connectivity index (χ1v) is 9.30. The Labute approximate surface area is 156 Å². The third-order valence-corrected chi connectivity index (χ3v) is 5.13. The highest BCUT2D eigenvalue weighted by Crippen LogP contribution is 2.22. The number of halogens is 2. The molecule has 2 aromatic rings. The molecule has 0 spiro atoms. The van der Waals surface area contributed by atoms with Crippen molar-refractivity contribution in [3.05, 3.63) is 63.6 Å². The highest BCUT2D eigenvalue weighted by atomic mass is 79.9. The topological polar surface area (TPSA) is 32.3 Å². The summed E-state index contributed by atoms with van der Waals surface area (Å²) in [5, 5.41) is 3.61. The Bertz CT molecular complexity index is 697. The summed E-state index contributed by atoms with van der Waals surface area (Å²) in [5.41, 5.74) is 2.07. The molecule has 0 saturated carbocycles. The summed E-state index contributed by atoms with van der Waals surface area (Å²) in [4.78, 5) is 14.8. The molecule has 24 heavy (non-hydrogen) atoms. The van der Waals surface area contributed by atoms with Gasteiger partial charge in [0.05, 0.1) is 0 Å². The van der Waals surface area contributed by atoms with Crippen molar-refractivity contribution in [3.63, 3.8) is 0 Å². The Morgan fingerprint density at radius 1 is 1.17 bits per heavy atom. The van der Waals surface area contributed by atoms with Gasteiger partial charge in [0.2, 0.25) is 5.91 Å². The number of hydrogen-bond donors (Lipinski definition) is 1. The van der Waals surface area contributed by atoms with E-state index < -0.39 is 0 Å². The third kappa shape index (κ3) is 4.82. The molecular weight excluding hydrogens is 388 g/mol. The number of amides is 1. The van der Waals surface area contributed by atoms with E-state index in [4.69, 9.17) is 11.6 Å². The summed E-state index contributed by atoms with van der Waals surface area (Å²) in [7, 11) is 0. The van der Waals surface area contributed by atoms with E-state index in [1.54, 1.807) is 12.1 Å². The molecule has 3 rings (SSSR count). The number of carbonyl (C=O) groups is 1. The lowest BCUT2D eigenvalue weighted by molar-refractivity contribution is -0.121. The fourth-order valence-electron chi connectivity index (χ4n) is 3.01. The van der Waals surface area contributed by atoms with Crippen LogP contribution in [0, 0.1) is 5.92 Å². The van der Waals surface area contributed by atoms with Gasteiger partial charge >= 0.3 is 0 Å². The van der Waals surface area contributed by atoms with Gasteiger partial charge in [-0.25, -0.2) is 0 Å². The maximum atomic E-state index is 12.4. The second-order valence-corrected chi connectivity index (χ2v) is 7.53. The number of nitrogens with one attached hydrogen (secondary N) is 1. The molecule has 0 aliphatic carbocycles. The van der Waals surface area contributed by atoms with Crippen molar-refractivity contribution in [2.75, 3.05) is 18.4 Å². The minimum absolute atomic E-state index is 0.0742. The van der Waals surface area contributed by atoms with Crippen LogP contribution in [0.2, 0.25) is 5.02 Å². The summed E-state index contributed by atoms with van der Waals surface area (Å²) in [6, 6.07) is 15.7. The molecule has 0 aromatic heterocycles. The first-order chi connectivity index (χ1) is 11.6. The monoisotopic (exact) mass is 406 g/mol. The number of likely N-dealkylation sites (tertiary alicyclic amines) is 1. The quantitative estimate of drug-likeness (QED) is 0.777. The summed E-state index contributed by atoms with van der Waals surface area (Å²) >= 11 is 9.42. The molecule has 1 amide bonds. The lowest BCUT2D eigenvalue weighted by Gasteiger charge is -2.31. The van der Waals surface area contributed by atoms with E-state index in [1.165, 1.54) is 5.56 Å². The molecule has 5 heteroatoms. The molecule has 0 radical (unpaired) electrons. The molecule has 1 N–H and O–H groups in total. The van der Waals surface area contributed by atoms with Crippen molar-refractivity contribution in [3.8, 4) is 0 Å². The van der Waals surface area contributed by atoms with Crippen LogP contribution in [-0.4, -0.2) is 23.9 Å². The van der Waals surface area contributed by atoms with Gasteiger partial charge in [0, 0.05) is 27.6 Å². The standard InChI is InChI=1S/C19H20BrClN2O/c20-16-6-4-14(5-7-16)13-23-10-8-15(9-11-23)19(24)22-18-3-1-2-17(21)12-18/h1-7,12,15H,8-11,13H2,(H,22,24). The summed E-state index contributed by atoms with van der Waals surface area (Å²) in [6.07, 6.45) is 1.78. The van der Waals surface area contributed by atoms with Gasteiger partial charge in [-0.05, 0) is 61.8 Å². The second-order valence-electron chi connectivity index (χ2n) is 6.18. The van der Waals surface area contributed by atoms with Crippen molar-refractivity contribution in [1.82, 2.24) is 4.90 Å². The van der Waals surface area contributed by atoms with Crippen LogP contribution in [0.4, 0.5) is 5.69 Å². The minimum atomic E-state index is 0.0742. The molecule has 0 bridgehead atoms. The van der Waals surface area contributed by atoms with Crippen molar-refractivity contribution in [1.29, 1.82) is 0 Å². The van der Waals surface area contributed by atoms with Crippen LogP contribution in [0.15, 0.2) is 53.0 Å². The lowest BCUT2D eigenvalue weighted by atomic mass is 9.95. The molecular formula is C19H20BrClN2O. The summed E-state index contributed by atoms with van der Waals surface area (Å²) in [6.45, 7) is 2.84. The molecule has 1 fully saturated rings. The molecule has 1 aliphatic rings. The predicted molar refractivity (Wildman–Crippen MR) is 102 cm³/mol. The number of hydrogen-bond acceptors (Lipinski definition) is 2. The average molecular weight is 408 g/mol. The van der Waals surface area contributed by atoms with Gasteiger partial charge in [-0.15, -0.1) is 0 Å². The molecule has 3 nitrogen and oxygen atoms in total. The largest absolute Gasteiger partial charge is 0.326 e. The van der Waals surface area contributed by atoms with Crippen molar-refractivity contribution in [2.45, 2.75) is 19.4 Å². The number of nitrogens with zero attached hydrogens (tertiary/aromatic N) is 1. The van der Waals surface area contributed by atoms with Gasteiger partial charge in [-0.2, -0.15) is 0 Å². The number of carbonyl (C=O) groups excluding carboxylic acids is 1. The Balaban J connectivity index is 1.49. The van der Waals surface area contributed by atoms with E-state index in [1.807, 2.05) is 12.1 Å². The van der Waals surface area contributed by atoms with Gasteiger partial charge in [-0.3, -0.25) is 9.69 Å². The van der Waals surface area contributed by atoms with Crippen LogP contribution >= 0.6 is 27.5 Å². The van der Waals surface area contributed by atoms with Gasteiger partial charge in [-0.1, -0.05) is 45.7 Å². The molecule has 0 unspecified atom stereocenters. The first-order valence-electron chi connectivity index (χ1n) is 8.13. The van der Waals surface area contributed by atoms with Crippen molar-refractivity contribution < 1.29 is 4.79 Å². The summed E-state index contributed by atoms with van der Waals surface area (Å²) < 4.78 is 1.10. The van der Waals surface area contributed by atoms with Gasteiger partial charge in [0.25, 0.3) is 0 Å². The highest BCUT2D eigenvalue weighted by Gasteiger charge is 2.25. The van der Waals surface area contributed by atoms with E-state index in [9.17, 15) is 4.79 Å². The van der Waals surface area contributed by atoms with Crippen LogP contribution in [-0.2, 0) is 11.3 Å². The molecule has 2 aromatic carbocycles. The maximum absolute atomic E-state index is 12.4. The Morgan fingerprint density at radius 2 is 1.88 bits per heavy atom. The normalized spacial score (nSPS) is 16.1. The number of piperidine rings is 1. The number of anilines is 1. The van der Waals surface area contributed by atoms with Gasteiger partial charge in [0.15, 0.2) is 0 Å². The van der Waals surface area contributed by atoms with Crippen LogP contribution in [0.3, 0.4) is 0 Å². The van der Waals surface area contributed by atoms with Crippen LogP contribution in [0.1, 0.15) is 18.4 Å². The highest BCUT2D eigenvalue weighted by molar-refractivity contribution is 9.10. The third-order valence-electron chi connectivity index (χ3n) is 4.37. The molecule has 126 valence electrons. The maximum Gasteiger partial charge on any atom is 0.227 e. The smallest absolute Gasteiger partial charge is 0.227 e. The van der Waals surface area contributed by atoms with Crippen LogP contribution in [0.25, 0.3) is 0 Å². The first kappa shape index (κ1) is 17.5. The van der Waals surface area contributed by atoms with E-state index in [2.05, 4.69) is 50.4 Å². The minimum Gasteiger partial charge on any atom is -0.326 e. The predicted octanol–water partition coefficient (Wildman–Crippen LogP) is 4.95. The van der Waals surface area contributed by atoms with E-state index in [0.717, 1.165) is 42.6 Å². The summed E-state index contributed by atoms with van der Waals surface area (Å²) in [5.74, 6) is 0.172. The lowest BCUT2D eigenvalue weighted by Crippen LogP contribution is -2.37. The van der Waals surface area contributed by atoms with Gasteiger partial charge in [0.1, 0.15) is 0 Å². The fourth-order valence-corrected chi connectivity index (χ4v) is 3.47. The zero-order valence-electron chi connectivity index (χ0n) is 13.3. The van der Waals surface area contributed by atoms with Crippen LogP contribution in [0.5, 0.6) is 0 Å². The zero-order chi connectivity index (χ0) is 16.9. The van der Waals surface area contributed by atoms with E-state index in [0.29, 0.717) is 5.02 Å². The average Bonchev–Trinajstić information content (AvgIpc) is 2.57. The Morgan fingerprint density at radius 3 is 2.54 bits per heavy atom. The van der Waals surface area contributed by atoms with E-state index >= 15 is 0 Å². The fraction of sp³-hybridized carbons (Fsp3) is 0.316.